The van der Waals surface area contributed by atoms with E-state index in [1.54, 1.807) is 18.2 Å². The van der Waals surface area contributed by atoms with Gasteiger partial charge in [0, 0.05) is 18.6 Å². The van der Waals surface area contributed by atoms with Gasteiger partial charge >= 0.3 is 0 Å². The molecule has 3 saturated heterocycles. The van der Waals surface area contributed by atoms with Crippen LogP contribution in [0.5, 0.6) is 11.5 Å². The summed E-state index contributed by atoms with van der Waals surface area (Å²) in [4.78, 5) is 2.78. The predicted octanol–water partition coefficient (Wildman–Crippen LogP) is 2.04. The van der Waals surface area contributed by atoms with Crippen molar-refractivity contribution in [3.05, 3.63) is 18.2 Å². The lowest BCUT2D eigenvalue weighted by Gasteiger charge is -2.55. The Labute approximate surface area is 191 Å². The Bertz CT molecular complexity index is 841. The molecule has 0 amide bonds. The smallest absolute Gasteiger partial charge is 0.244 e. The molecular formula is C20H31Cl2N3O4S. The molecule has 1 aromatic rings. The van der Waals surface area contributed by atoms with Crippen molar-refractivity contribution in [1.82, 2.24) is 14.9 Å². The Morgan fingerprint density at radius 2 is 1.90 bits per heavy atom. The van der Waals surface area contributed by atoms with Crippen molar-refractivity contribution in [3.8, 4) is 11.5 Å². The lowest BCUT2D eigenvalue weighted by molar-refractivity contribution is -0.0360. The number of rotatable bonds is 4. The van der Waals surface area contributed by atoms with Crippen LogP contribution in [0, 0.1) is 11.8 Å². The Morgan fingerprint density at radius 1 is 1.10 bits per heavy atom. The van der Waals surface area contributed by atoms with E-state index in [1.807, 2.05) is 0 Å². The first-order valence-corrected chi connectivity index (χ1v) is 12.0. The number of benzene rings is 1. The van der Waals surface area contributed by atoms with Crippen LogP contribution in [-0.2, 0) is 10.0 Å². The summed E-state index contributed by atoms with van der Waals surface area (Å²) >= 11 is 0. The maximum absolute atomic E-state index is 13.1. The van der Waals surface area contributed by atoms with Crippen molar-refractivity contribution in [2.45, 2.75) is 42.7 Å². The Hall–Kier alpha value is -0.770. The standard InChI is InChI=1S/C20H29N3O4S.2ClH/c24-28(25,19-6-3-5-18-20(19)27-9-8-26-18)22-13-17-15-10-14(11-21-12-15)16-4-1-2-7-23(16)17;;/h3,5-6,14-17,21-22H,1-2,4,7-13H2;2*1H/t14-,15+,16+,17+;;/m1../s1. The molecule has 0 unspecified atom stereocenters. The van der Waals surface area contributed by atoms with Gasteiger partial charge in [-0.25, -0.2) is 13.1 Å². The minimum absolute atomic E-state index is 0. The third-order valence-corrected chi connectivity index (χ3v) is 8.27. The number of hydrogen-bond donors (Lipinski definition) is 2. The maximum Gasteiger partial charge on any atom is 0.244 e. The average molecular weight is 480 g/mol. The third-order valence-electron chi connectivity index (χ3n) is 6.83. The summed E-state index contributed by atoms with van der Waals surface area (Å²) < 4.78 is 40.3. The van der Waals surface area contributed by atoms with Gasteiger partial charge in [0.1, 0.15) is 18.1 Å². The predicted molar refractivity (Wildman–Crippen MR) is 120 cm³/mol. The molecule has 0 radical (unpaired) electrons. The summed E-state index contributed by atoms with van der Waals surface area (Å²) in [6.07, 6.45) is 4.94. The van der Waals surface area contributed by atoms with Crippen LogP contribution >= 0.6 is 24.8 Å². The minimum Gasteiger partial charge on any atom is -0.486 e. The molecule has 10 heteroatoms. The lowest BCUT2D eigenvalue weighted by atomic mass is 9.73. The van der Waals surface area contributed by atoms with Crippen molar-refractivity contribution in [2.24, 2.45) is 11.8 Å². The van der Waals surface area contributed by atoms with E-state index in [2.05, 4.69) is 14.9 Å². The highest BCUT2D eigenvalue weighted by molar-refractivity contribution is 7.89. The second-order valence-electron chi connectivity index (χ2n) is 8.41. The first kappa shape index (κ1) is 23.9. The second-order valence-corrected chi connectivity index (χ2v) is 10.2. The summed E-state index contributed by atoms with van der Waals surface area (Å²) in [6.45, 7) is 4.42. The van der Waals surface area contributed by atoms with Gasteiger partial charge in [0.25, 0.3) is 0 Å². The van der Waals surface area contributed by atoms with Gasteiger partial charge in [-0.1, -0.05) is 12.5 Å². The Morgan fingerprint density at radius 3 is 2.77 bits per heavy atom. The Balaban J connectivity index is 0.00000128. The van der Waals surface area contributed by atoms with Crippen molar-refractivity contribution in [3.63, 3.8) is 0 Å². The molecule has 0 spiro atoms. The van der Waals surface area contributed by atoms with E-state index in [0.29, 0.717) is 49.1 Å². The van der Waals surface area contributed by atoms with Crippen molar-refractivity contribution >= 4 is 34.8 Å². The van der Waals surface area contributed by atoms with Crippen LogP contribution in [0.3, 0.4) is 0 Å². The molecule has 1 aromatic carbocycles. The number of piperidine rings is 3. The van der Waals surface area contributed by atoms with Gasteiger partial charge in [0.05, 0.1) is 0 Å². The van der Waals surface area contributed by atoms with Gasteiger partial charge in [0.15, 0.2) is 11.5 Å². The van der Waals surface area contributed by atoms with Crippen molar-refractivity contribution < 1.29 is 17.9 Å². The number of fused-ring (bicyclic) bond motifs is 5. The SMILES string of the molecule is Cl.Cl.O=S(=O)(NC[C@H]1[C@@H]2CNC[C@@H](C2)[C@@H]2CCCCN21)c1cccc2c1OCCO2. The fourth-order valence-electron chi connectivity index (χ4n) is 5.58. The van der Waals surface area contributed by atoms with Crippen LogP contribution in [0.2, 0.25) is 0 Å². The van der Waals surface area contributed by atoms with E-state index in [4.69, 9.17) is 9.47 Å². The molecule has 0 saturated carbocycles. The zero-order valence-corrected chi connectivity index (χ0v) is 19.4. The topological polar surface area (TPSA) is 79.9 Å². The van der Waals surface area contributed by atoms with E-state index in [1.165, 1.54) is 25.7 Å². The molecule has 4 atom stereocenters. The number of para-hydroxylation sites is 1. The summed E-state index contributed by atoms with van der Waals surface area (Å²) in [7, 11) is -3.67. The highest BCUT2D eigenvalue weighted by Crippen LogP contribution is 2.39. The number of ether oxygens (including phenoxy) is 2. The van der Waals surface area contributed by atoms with Crippen molar-refractivity contribution in [2.75, 3.05) is 39.4 Å². The summed E-state index contributed by atoms with van der Waals surface area (Å²) in [5.74, 6) is 2.04. The molecular weight excluding hydrogens is 449 g/mol. The van der Waals surface area contributed by atoms with Crippen LogP contribution in [-0.4, -0.2) is 64.8 Å². The molecule has 3 fully saturated rings. The molecule has 30 heavy (non-hydrogen) atoms. The van der Waals surface area contributed by atoms with E-state index in [9.17, 15) is 8.42 Å². The van der Waals surface area contributed by atoms with Crippen LogP contribution < -0.4 is 19.5 Å². The zero-order chi connectivity index (χ0) is 19.1. The second kappa shape index (κ2) is 9.79. The van der Waals surface area contributed by atoms with Crippen molar-refractivity contribution in [1.29, 1.82) is 0 Å². The van der Waals surface area contributed by atoms with Crippen LogP contribution in [0.15, 0.2) is 23.1 Å². The molecule has 0 aliphatic carbocycles. The van der Waals surface area contributed by atoms with Gasteiger partial charge in [0.2, 0.25) is 10.0 Å². The molecule has 4 aliphatic heterocycles. The molecule has 4 heterocycles. The molecule has 2 bridgehead atoms. The van der Waals surface area contributed by atoms with E-state index in [0.717, 1.165) is 19.6 Å². The number of nitrogens with one attached hydrogen (secondary N) is 2. The lowest BCUT2D eigenvalue weighted by Crippen LogP contribution is -2.65. The number of nitrogens with zero attached hydrogens (tertiary/aromatic N) is 1. The largest absolute Gasteiger partial charge is 0.486 e. The first-order chi connectivity index (χ1) is 13.6. The van der Waals surface area contributed by atoms with E-state index >= 15 is 0 Å². The monoisotopic (exact) mass is 479 g/mol. The highest BCUT2D eigenvalue weighted by Gasteiger charge is 2.45. The summed E-state index contributed by atoms with van der Waals surface area (Å²) in [5.41, 5.74) is 0. The maximum atomic E-state index is 13.1. The highest BCUT2D eigenvalue weighted by atomic mass is 35.5. The number of sulfonamides is 1. The van der Waals surface area contributed by atoms with Gasteiger partial charge in [-0.05, 0) is 62.9 Å². The average Bonchev–Trinajstić information content (AvgIpc) is 2.73. The number of halogens is 2. The van der Waals surface area contributed by atoms with Gasteiger partial charge in [-0.15, -0.1) is 24.8 Å². The molecule has 170 valence electrons. The van der Waals surface area contributed by atoms with E-state index < -0.39 is 10.0 Å². The number of hydrogen-bond acceptors (Lipinski definition) is 6. The minimum atomic E-state index is -3.67. The fourth-order valence-corrected chi connectivity index (χ4v) is 6.79. The third kappa shape index (κ3) is 4.40. The quantitative estimate of drug-likeness (QED) is 0.687. The normalized spacial score (nSPS) is 30.4. The summed E-state index contributed by atoms with van der Waals surface area (Å²) in [5, 5.41) is 3.58. The van der Waals surface area contributed by atoms with Crippen LogP contribution in [0.25, 0.3) is 0 Å². The molecule has 5 rings (SSSR count). The summed E-state index contributed by atoms with van der Waals surface area (Å²) in [6, 6.07) is 5.90. The first-order valence-electron chi connectivity index (χ1n) is 10.5. The Kier molecular flexibility index (Phi) is 7.80. The van der Waals surface area contributed by atoms with Gasteiger partial charge in [-0.3, -0.25) is 4.90 Å². The van der Waals surface area contributed by atoms with Gasteiger partial charge in [-0.2, -0.15) is 0 Å². The molecule has 7 nitrogen and oxygen atoms in total. The zero-order valence-electron chi connectivity index (χ0n) is 16.9. The van der Waals surface area contributed by atoms with E-state index in [-0.39, 0.29) is 35.8 Å². The molecule has 2 N–H and O–H groups in total. The van der Waals surface area contributed by atoms with Crippen LogP contribution in [0.1, 0.15) is 25.7 Å². The van der Waals surface area contributed by atoms with Crippen LogP contribution in [0.4, 0.5) is 0 Å². The van der Waals surface area contributed by atoms with Gasteiger partial charge < -0.3 is 14.8 Å². The molecule has 0 aromatic heterocycles. The molecule has 4 aliphatic rings. The fraction of sp³-hybridized carbons (Fsp3) is 0.700.